The van der Waals surface area contributed by atoms with Crippen LogP contribution in [0.2, 0.25) is 5.02 Å². The fourth-order valence-electron chi connectivity index (χ4n) is 1.26. The zero-order valence-corrected chi connectivity index (χ0v) is 8.01. The smallest absolute Gasteiger partial charge is 0.140 e. The van der Waals surface area contributed by atoms with E-state index in [4.69, 9.17) is 11.6 Å². The van der Waals surface area contributed by atoms with E-state index in [1.165, 1.54) is 11.3 Å². The summed E-state index contributed by atoms with van der Waals surface area (Å²) in [7, 11) is 0. The van der Waals surface area contributed by atoms with Crippen molar-refractivity contribution in [2.45, 2.75) is 12.1 Å². The molecule has 1 N–H and O–H groups in total. The van der Waals surface area contributed by atoms with Crippen LogP contribution in [0.1, 0.15) is 4.88 Å². The van der Waals surface area contributed by atoms with E-state index in [0.29, 0.717) is 24.5 Å². The Morgan fingerprint density at radius 2 is 2.42 bits per heavy atom. The van der Waals surface area contributed by atoms with Crippen LogP contribution in [0.4, 0.5) is 4.39 Å². The second-order valence-electron chi connectivity index (χ2n) is 3.12. The number of thiophene rings is 1. The van der Waals surface area contributed by atoms with Crippen LogP contribution in [0.5, 0.6) is 0 Å². The van der Waals surface area contributed by atoms with Crippen molar-refractivity contribution >= 4 is 22.9 Å². The normalized spacial score (nSPS) is 20.5. The molecular weight excluding hydrogens is 197 g/mol. The Bertz CT molecular complexity index is 282. The van der Waals surface area contributed by atoms with Gasteiger partial charge in [-0.2, -0.15) is 0 Å². The van der Waals surface area contributed by atoms with Gasteiger partial charge in [-0.15, -0.1) is 11.3 Å². The summed E-state index contributed by atoms with van der Waals surface area (Å²) in [6, 6.07) is 1.82. The lowest BCUT2D eigenvalue weighted by atomic mass is 9.95. The molecule has 66 valence electrons. The minimum absolute atomic E-state index is 0.455. The molecule has 0 radical (unpaired) electrons. The molecule has 4 heteroatoms. The number of halogens is 2. The molecule has 2 rings (SSSR count). The average Bonchev–Trinajstić information content (AvgIpc) is 2.34. The van der Waals surface area contributed by atoms with Gasteiger partial charge in [-0.3, -0.25) is 0 Å². The van der Waals surface area contributed by atoms with E-state index < -0.39 is 5.67 Å². The molecule has 0 amide bonds. The highest BCUT2D eigenvalue weighted by molar-refractivity contribution is 7.10. The SMILES string of the molecule is FC1(Cc2sccc2Cl)CNC1. The first-order valence-corrected chi connectivity index (χ1v) is 5.07. The van der Waals surface area contributed by atoms with E-state index >= 15 is 0 Å². The van der Waals surface area contributed by atoms with Crippen molar-refractivity contribution in [1.29, 1.82) is 0 Å². The lowest BCUT2D eigenvalue weighted by Crippen LogP contribution is -2.57. The first-order chi connectivity index (χ1) is 5.70. The van der Waals surface area contributed by atoms with E-state index in [9.17, 15) is 4.39 Å². The van der Waals surface area contributed by atoms with Crippen LogP contribution >= 0.6 is 22.9 Å². The topological polar surface area (TPSA) is 12.0 Å². The predicted molar refractivity (Wildman–Crippen MR) is 49.7 cm³/mol. The molecule has 0 spiro atoms. The van der Waals surface area contributed by atoms with Gasteiger partial charge in [0.2, 0.25) is 0 Å². The van der Waals surface area contributed by atoms with Crippen molar-refractivity contribution in [3.05, 3.63) is 21.3 Å². The van der Waals surface area contributed by atoms with Crippen LogP contribution in [-0.4, -0.2) is 18.8 Å². The molecule has 0 atom stereocenters. The molecule has 0 unspecified atom stereocenters. The molecule has 0 aromatic carbocycles. The summed E-state index contributed by atoms with van der Waals surface area (Å²) < 4.78 is 13.5. The zero-order valence-electron chi connectivity index (χ0n) is 6.44. The van der Waals surface area contributed by atoms with E-state index in [-0.39, 0.29) is 0 Å². The Labute approximate surface area is 79.5 Å². The molecule has 1 aliphatic heterocycles. The van der Waals surface area contributed by atoms with E-state index in [2.05, 4.69) is 5.32 Å². The number of nitrogens with one attached hydrogen (secondary N) is 1. The third-order valence-corrected chi connectivity index (χ3v) is 3.44. The van der Waals surface area contributed by atoms with Crippen LogP contribution < -0.4 is 5.32 Å². The Morgan fingerprint density at radius 1 is 1.67 bits per heavy atom. The number of rotatable bonds is 2. The largest absolute Gasteiger partial charge is 0.310 e. The van der Waals surface area contributed by atoms with Gasteiger partial charge in [-0.1, -0.05) is 11.6 Å². The molecule has 0 bridgehead atoms. The fraction of sp³-hybridized carbons (Fsp3) is 0.500. The van der Waals surface area contributed by atoms with Gasteiger partial charge in [-0.25, -0.2) is 4.39 Å². The molecule has 1 saturated heterocycles. The Morgan fingerprint density at radius 3 is 2.83 bits per heavy atom. The quantitative estimate of drug-likeness (QED) is 0.781. The van der Waals surface area contributed by atoms with Crippen molar-refractivity contribution in [3.63, 3.8) is 0 Å². The first kappa shape index (κ1) is 8.48. The summed E-state index contributed by atoms with van der Waals surface area (Å²) in [5.41, 5.74) is -1.05. The van der Waals surface area contributed by atoms with Crippen molar-refractivity contribution in [3.8, 4) is 0 Å². The van der Waals surface area contributed by atoms with Crippen LogP contribution in [-0.2, 0) is 6.42 Å². The summed E-state index contributed by atoms with van der Waals surface area (Å²) in [6.45, 7) is 0.919. The molecule has 1 aromatic heterocycles. The Kier molecular flexibility index (Phi) is 2.10. The monoisotopic (exact) mass is 205 g/mol. The van der Waals surface area contributed by atoms with Gasteiger partial charge in [-0.05, 0) is 11.4 Å². The molecule has 1 aromatic rings. The molecule has 0 aliphatic carbocycles. The fourth-order valence-corrected chi connectivity index (χ4v) is 2.49. The van der Waals surface area contributed by atoms with Gasteiger partial charge in [0.1, 0.15) is 5.67 Å². The van der Waals surface area contributed by atoms with Crippen molar-refractivity contribution in [2.24, 2.45) is 0 Å². The van der Waals surface area contributed by atoms with Crippen molar-refractivity contribution < 1.29 is 4.39 Å². The zero-order chi connectivity index (χ0) is 8.60. The maximum Gasteiger partial charge on any atom is 0.140 e. The minimum atomic E-state index is -1.05. The lowest BCUT2D eigenvalue weighted by molar-refractivity contribution is 0.0921. The second-order valence-corrected chi connectivity index (χ2v) is 4.53. The van der Waals surface area contributed by atoms with Crippen LogP contribution in [0.15, 0.2) is 11.4 Å². The van der Waals surface area contributed by atoms with E-state index in [1.807, 2.05) is 11.4 Å². The summed E-state index contributed by atoms with van der Waals surface area (Å²) in [5.74, 6) is 0. The minimum Gasteiger partial charge on any atom is -0.310 e. The van der Waals surface area contributed by atoms with Crippen LogP contribution in [0.25, 0.3) is 0 Å². The third kappa shape index (κ3) is 1.49. The van der Waals surface area contributed by atoms with Gasteiger partial charge >= 0.3 is 0 Å². The Hall–Kier alpha value is -0.120. The molecule has 12 heavy (non-hydrogen) atoms. The number of hydrogen-bond acceptors (Lipinski definition) is 2. The average molecular weight is 206 g/mol. The summed E-state index contributed by atoms with van der Waals surface area (Å²) >= 11 is 7.38. The number of hydrogen-bond donors (Lipinski definition) is 1. The highest BCUT2D eigenvalue weighted by atomic mass is 35.5. The molecule has 1 nitrogen and oxygen atoms in total. The van der Waals surface area contributed by atoms with Crippen molar-refractivity contribution in [1.82, 2.24) is 5.32 Å². The summed E-state index contributed by atoms with van der Waals surface area (Å²) in [6.07, 6.45) is 0.455. The van der Waals surface area contributed by atoms with Gasteiger partial charge in [0.15, 0.2) is 0 Å². The molecule has 0 saturated carbocycles. The maximum atomic E-state index is 13.5. The highest BCUT2D eigenvalue weighted by Crippen LogP contribution is 2.30. The summed E-state index contributed by atoms with van der Waals surface area (Å²) in [5, 5.41) is 5.51. The Balaban J connectivity index is 2.08. The van der Waals surface area contributed by atoms with Gasteiger partial charge in [0, 0.05) is 24.4 Å². The lowest BCUT2D eigenvalue weighted by Gasteiger charge is -2.34. The third-order valence-electron chi connectivity index (χ3n) is 2.05. The second kappa shape index (κ2) is 2.98. The van der Waals surface area contributed by atoms with Gasteiger partial charge in [0.25, 0.3) is 0 Å². The predicted octanol–water partition coefficient (Wildman–Crippen LogP) is 2.26. The molecule has 1 aliphatic rings. The van der Waals surface area contributed by atoms with E-state index in [0.717, 1.165) is 4.88 Å². The molecular formula is C8H9ClFNS. The van der Waals surface area contributed by atoms with Crippen molar-refractivity contribution in [2.75, 3.05) is 13.1 Å². The molecule has 1 fully saturated rings. The van der Waals surface area contributed by atoms with Gasteiger partial charge in [0.05, 0.1) is 5.02 Å². The van der Waals surface area contributed by atoms with Crippen LogP contribution in [0.3, 0.4) is 0 Å². The van der Waals surface area contributed by atoms with E-state index in [1.54, 1.807) is 0 Å². The standard InChI is InChI=1S/C8H9ClFNS/c9-6-1-2-12-7(6)3-8(10)4-11-5-8/h1-2,11H,3-5H2. The summed E-state index contributed by atoms with van der Waals surface area (Å²) in [4.78, 5) is 0.959. The maximum absolute atomic E-state index is 13.5. The highest BCUT2D eigenvalue weighted by Gasteiger charge is 2.37. The first-order valence-electron chi connectivity index (χ1n) is 3.81. The van der Waals surface area contributed by atoms with Crippen LogP contribution in [0, 0.1) is 0 Å². The van der Waals surface area contributed by atoms with Gasteiger partial charge < -0.3 is 5.32 Å². The molecule has 2 heterocycles. The number of alkyl halides is 1.